The summed E-state index contributed by atoms with van der Waals surface area (Å²) in [6, 6.07) is 4.21. The highest BCUT2D eigenvalue weighted by Gasteiger charge is 2.58. The van der Waals surface area contributed by atoms with Crippen LogP contribution in [0.25, 0.3) is 0 Å². The van der Waals surface area contributed by atoms with E-state index in [4.69, 9.17) is 0 Å². The summed E-state index contributed by atoms with van der Waals surface area (Å²) in [4.78, 5) is 25.4. The third-order valence-electron chi connectivity index (χ3n) is 7.97. The fraction of sp³-hybridized carbons (Fsp3) is 0.667. The Bertz CT molecular complexity index is 801. The third kappa shape index (κ3) is 2.96. The highest BCUT2D eigenvalue weighted by atomic mass is 16.3. The zero-order valence-corrected chi connectivity index (χ0v) is 17.4. The second-order valence-electron chi connectivity index (χ2n) is 9.36. The topological polar surface area (TPSA) is 66.4 Å². The summed E-state index contributed by atoms with van der Waals surface area (Å²) in [5.41, 5.74) is 3.47. The fourth-order valence-corrected chi connectivity index (χ4v) is 6.55. The van der Waals surface area contributed by atoms with Crippen LogP contribution in [0, 0.1) is 23.2 Å². The lowest BCUT2D eigenvalue weighted by atomic mass is 9.55. The van der Waals surface area contributed by atoms with Crippen molar-refractivity contribution in [3.63, 3.8) is 0 Å². The van der Waals surface area contributed by atoms with Gasteiger partial charge in [0.15, 0.2) is 0 Å². The van der Waals surface area contributed by atoms with Crippen LogP contribution in [0.3, 0.4) is 0 Å². The quantitative estimate of drug-likeness (QED) is 0.821. The van der Waals surface area contributed by atoms with Crippen molar-refractivity contribution in [2.45, 2.75) is 71.6 Å². The van der Waals surface area contributed by atoms with E-state index in [0.717, 1.165) is 44.1 Å². The van der Waals surface area contributed by atoms with E-state index in [1.165, 1.54) is 11.1 Å². The number of rotatable bonds is 4. The maximum absolute atomic E-state index is 13.3. The maximum atomic E-state index is 13.3. The molecule has 152 valence electrons. The van der Waals surface area contributed by atoms with Crippen LogP contribution >= 0.6 is 0 Å². The Balaban J connectivity index is 1.61. The average molecular weight is 384 g/mol. The van der Waals surface area contributed by atoms with Gasteiger partial charge in [0.1, 0.15) is 11.5 Å². The lowest BCUT2D eigenvalue weighted by Crippen LogP contribution is -2.42. The molecule has 0 radical (unpaired) electrons. The van der Waals surface area contributed by atoms with E-state index in [-0.39, 0.29) is 17.2 Å². The Labute approximate surface area is 168 Å². The number of aromatic hydroxyl groups is 1. The van der Waals surface area contributed by atoms with Crippen LogP contribution in [0.1, 0.15) is 75.5 Å². The molecule has 2 saturated carbocycles. The highest BCUT2D eigenvalue weighted by Crippen LogP contribution is 2.61. The summed E-state index contributed by atoms with van der Waals surface area (Å²) in [5.74, 6) is 2.04. The first-order valence-electron chi connectivity index (χ1n) is 11.0. The number of hydrogen-bond donors (Lipinski definition) is 2. The number of nitrogens with one attached hydrogen (secondary N) is 1. The Hall–Kier alpha value is -1.84. The summed E-state index contributed by atoms with van der Waals surface area (Å²) in [6.45, 7) is 6.79. The predicted octanol–water partition coefficient (Wildman–Crippen LogP) is 4.13. The molecule has 2 fully saturated rings. The number of fused-ring (bicyclic) bond motifs is 5. The molecule has 4 nitrogen and oxygen atoms in total. The number of amides is 1. The zero-order valence-electron chi connectivity index (χ0n) is 17.4. The van der Waals surface area contributed by atoms with Gasteiger partial charge in [0.05, 0.1) is 0 Å². The largest absolute Gasteiger partial charge is 0.508 e. The van der Waals surface area contributed by atoms with E-state index in [1.807, 2.05) is 13.0 Å². The van der Waals surface area contributed by atoms with Crippen molar-refractivity contribution in [2.75, 3.05) is 6.54 Å². The Kier molecular flexibility index (Phi) is 5.01. The minimum Gasteiger partial charge on any atom is -0.508 e. The summed E-state index contributed by atoms with van der Waals surface area (Å²) >= 11 is 0. The number of aryl methyl sites for hydroxylation is 2. The number of ketones is 1. The van der Waals surface area contributed by atoms with Gasteiger partial charge in [-0.3, -0.25) is 9.59 Å². The van der Waals surface area contributed by atoms with Crippen LogP contribution in [-0.4, -0.2) is 23.3 Å². The smallest absolute Gasteiger partial charge is 0.220 e. The summed E-state index contributed by atoms with van der Waals surface area (Å²) in [5, 5.41) is 13.1. The molecular formula is C24H33NO3. The van der Waals surface area contributed by atoms with E-state index < -0.39 is 0 Å². The summed E-state index contributed by atoms with van der Waals surface area (Å²) in [7, 11) is 0. The van der Waals surface area contributed by atoms with Gasteiger partial charge in [-0.15, -0.1) is 0 Å². The van der Waals surface area contributed by atoms with Gasteiger partial charge in [-0.25, -0.2) is 0 Å². The molecule has 4 heteroatoms. The fourth-order valence-electron chi connectivity index (χ4n) is 6.55. The molecule has 28 heavy (non-hydrogen) atoms. The van der Waals surface area contributed by atoms with Crippen molar-refractivity contribution in [3.8, 4) is 5.75 Å². The van der Waals surface area contributed by atoms with E-state index in [2.05, 4.69) is 25.2 Å². The Morgan fingerprint density at radius 3 is 2.79 bits per heavy atom. The van der Waals surface area contributed by atoms with E-state index in [1.54, 1.807) is 0 Å². The summed E-state index contributed by atoms with van der Waals surface area (Å²) < 4.78 is 0. The SMILES string of the molecule is CCNC(=O)C[C@H]1C[C@H]2[C@@H]3CCc4cc(O)c(CC)cc4[C@H]3CC[C@]2(C)C1=O. The molecule has 1 aromatic carbocycles. The van der Waals surface area contributed by atoms with Crippen LogP contribution in [0.2, 0.25) is 0 Å². The Morgan fingerprint density at radius 2 is 2.07 bits per heavy atom. The first kappa shape index (κ1) is 19.5. The van der Waals surface area contributed by atoms with Gasteiger partial charge < -0.3 is 10.4 Å². The number of carbonyl (C=O) groups is 2. The van der Waals surface area contributed by atoms with Crippen molar-refractivity contribution in [2.24, 2.45) is 23.2 Å². The molecule has 1 amide bonds. The molecule has 1 aromatic rings. The number of Topliss-reactive ketones (excluding diaryl/α,β-unsaturated/α-hetero) is 1. The van der Waals surface area contributed by atoms with Gasteiger partial charge in [-0.1, -0.05) is 19.9 Å². The third-order valence-corrected chi connectivity index (χ3v) is 7.97. The normalized spacial score (nSPS) is 33.8. The molecule has 5 atom stereocenters. The van der Waals surface area contributed by atoms with Gasteiger partial charge in [0.25, 0.3) is 0 Å². The predicted molar refractivity (Wildman–Crippen MR) is 109 cm³/mol. The molecule has 2 N–H and O–H groups in total. The molecule has 0 aromatic heterocycles. The number of phenols is 1. The van der Waals surface area contributed by atoms with Crippen LogP contribution in [0.15, 0.2) is 12.1 Å². The number of phenolic OH excluding ortho intramolecular Hbond substituents is 1. The van der Waals surface area contributed by atoms with Crippen molar-refractivity contribution in [1.82, 2.24) is 5.32 Å². The van der Waals surface area contributed by atoms with Crippen molar-refractivity contribution in [1.29, 1.82) is 0 Å². The second-order valence-corrected chi connectivity index (χ2v) is 9.36. The molecule has 0 heterocycles. The molecule has 3 aliphatic rings. The minimum atomic E-state index is -0.264. The van der Waals surface area contributed by atoms with E-state index >= 15 is 0 Å². The molecule has 0 spiro atoms. The zero-order chi connectivity index (χ0) is 20.1. The Morgan fingerprint density at radius 1 is 1.29 bits per heavy atom. The monoisotopic (exact) mass is 383 g/mol. The van der Waals surface area contributed by atoms with E-state index in [9.17, 15) is 14.7 Å². The van der Waals surface area contributed by atoms with Gasteiger partial charge >= 0.3 is 0 Å². The van der Waals surface area contributed by atoms with Crippen LogP contribution in [-0.2, 0) is 22.4 Å². The van der Waals surface area contributed by atoms with Gasteiger partial charge in [-0.05, 0) is 86.0 Å². The van der Waals surface area contributed by atoms with Gasteiger partial charge in [0, 0.05) is 24.3 Å². The molecule has 4 rings (SSSR count). The van der Waals surface area contributed by atoms with Crippen molar-refractivity contribution < 1.29 is 14.7 Å². The molecule has 0 saturated heterocycles. The van der Waals surface area contributed by atoms with Crippen LogP contribution in [0.5, 0.6) is 5.75 Å². The van der Waals surface area contributed by atoms with Crippen LogP contribution < -0.4 is 5.32 Å². The van der Waals surface area contributed by atoms with Crippen LogP contribution in [0.4, 0.5) is 0 Å². The number of hydrogen-bond acceptors (Lipinski definition) is 3. The minimum absolute atomic E-state index is 0.0108. The van der Waals surface area contributed by atoms with Crippen molar-refractivity contribution in [3.05, 3.63) is 28.8 Å². The van der Waals surface area contributed by atoms with E-state index in [0.29, 0.717) is 42.3 Å². The first-order valence-corrected chi connectivity index (χ1v) is 11.0. The van der Waals surface area contributed by atoms with Crippen molar-refractivity contribution >= 4 is 11.7 Å². The lowest BCUT2D eigenvalue weighted by molar-refractivity contribution is -0.134. The number of benzene rings is 1. The second kappa shape index (κ2) is 7.20. The standard InChI is InChI=1S/C24H33NO3/c1-4-14-10-19-15(12-21(14)26)6-7-18-17(19)8-9-24(3)20(18)11-16(23(24)28)13-22(27)25-5-2/h10,12,16-18,20,26H,4-9,11,13H2,1-3H3,(H,25,27)/t16-,17+,18-,20+,24+/m1/s1. The summed E-state index contributed by atoms with van der Waals surface area (Å²) in [6.07, 6.45) is 6.08. The number of carbonyl (C=O) groups excluding carboxylic acids is 2. The first-order chi connectivity index (χ1) is 13.4. The molecule has 0 bridgehead atoms. The lowest BCUT2D eigenvalue weighted by Gasteiger charge is -2.48. The molecule has 3 aliphatic carbocycles. The highest BCUT2D eigenvalue weighted by molar-refractivity contribution is 5.93. The average Bonchev–Trinajstić information content (AvgIpc) is 2.92. The van der Waals surface area contributed by atoms with Gasteiger partial charge in [0.2, 0.25) is 5.91 Å². The maximum Gasteiger partial charge on any atom is 0.220 e. The molecule has 0 aliphatic heterocycles. The molecular weight excluding hydrogens is 350 g/mol. The molecule has 0 unspecified atom stereocenters. The van der Waals surface area contributed by atoms with Gasteiger partial charge in [-0.2, -0.15) is 0 Å².